The summed E-state index contributed by atoms with van der Waals surface area (Å²) >= 11 is 23.3. The van der Waals surface area contributed by atoms with Gasteiger partial charge in [-0.2, -0.15) is 0 Å². The monoisotopic (exact) mass is 445 g/mol. The molecule has 2 aromatic rings. The van der Waals surface area contributed by atoms with Crippen LogP contribution in [0.4, 0.5) is 5.69 Å². The molecule has 0 aliphatic heterocycles. The molecule has 0 saturated carbocycles. The van der Waals surface area contributed by atoms with Gasteiger partial charge < -0.3 is 20.7 Å². The Morgan fingerprint density at radius 2 is 1.70 bits per heavy atom. The standard InChI is InChI=1S/C18H18Cl3N3O2S/c1-11-7-9-12(10-8-11)15(25)23-16(18(19,20)21)24-17(27)22-13-5-3-4-6-14(13)26-2/h3-10,16H,1-2H3,(H,23,25)(H2,22,24,27)/t16-/m0/s1. The normalized spacial score (nSPS) is 12.0. The van der Waals surface area contributed by atoms with E-state index in [0.717, 1.165) is 5.56 Å². The number of nitrogens with one attached hydrogen (secondary N) is 3. The van der Waals surface area contributed by atoms with Crippen LogP contribution in [0.2, 0.25) is 0 Å². The highest BCUT2D eigenvalue weighted by Crippen LogP contribution is 2.29. The summed E-state index contributed by atoms with van der Waals surface area (Å²) in [5, 5.41) is 8.54. The number of aryl methyl sites for hydroxylation is 1. The number of methoxy groups -OCH3 is 1. The topological polar surface area (TPSA) is 62.4 Å². The molecule has 0 radical (unpaired) electrons. The largest absolute Gasteiger partial charge is 0.495 e. The number of benzene rings is 2. The lowest BCUT2D eigenvalue weighted by Crippen LogP contribution is -2.56. The Morgan fingerprint density at radius 1 is 1.07 bits per heavy atom. The summed E-state index contributed by atoms with van der Waals surface area (Å²) in [5.41, 5.74) is 2.10. The van der Waals surface area contributed by atoms with Crippen LogP contribution in [-0.2, 0) is 0 Å². The highest BCUT2D eigenvalue weighted by Gasteiger charge is 2.35. The molecule has 0 aromatic heterocycles. The SMILES string of the molecule is COc1ccccc1NC(=S)N[C@H](NC(=O)c1ccc(C)cc1)C(Cl)(Cl)Cl. The lowest BCUT2D eigenvalue weighted by molar-refractivity contribution is 0.0934. The van der Waals surface area contributed by atoms with Gasteiger partial charge in [-0.05, 0) is 43.4 Å². The van der Waals surface area contributed by atoms with Crippen molar-refractivity contribution in [1.29, 1.82) is 0 Å². The van der Waals surface area contributed by atoms with Crippen molar-refractivity contribution in [3.8, 4) is 5.75 Å². The first-order valence-electron chi connectivity index (χ1n) is 7.85. The Bertz CT molecular complexity index is 810. The molecule has 9 heteroatoms. The quantitative estimate of drug-likeness (QED) is 0.361. The number of hydrogen-bond donors (Lipinski definition) is 3. The highest BCUT2D eigenvalue weighted by atomic mass is 35.6. The third-order valence-electron chi connectivity index (χ3n) is 3.55. The van der Waals surface area contributed by atoms with Crippen LogP contribution in [-0.4, -0.2) is 28.1 Å². The third-order valence-corrected chi connectivity index (χ3v) is 4.42. The van der Waals surface area contributed by atoms with Gasteiger partial charge in [-0.1, -0.05) is 64.6 Å². The van der Waals surface area contributed by atoms with E-state index in [2.05, 4.69) is 16.0 Å². The van der Waals surface area contributed by atoms with Crippen LogP contribution >= 0.6 is 47.0 Å². The summed E-state index contributed by atoms with van der Waals surface area (Å²) in [6.45, 7) is 1.93. The van der Waals surface area contributed by atoms with E-state index in [4.69, 9.17) is 51.8 Å². The minimum Gasteiger partial charge on any atom is -0.495 e. The third kappa shape index (κ3) is 6.43. The van der Waals surface area contributed by atoms with E-state index in [0.29, 0.717) is 17.0 Å². The van der Waals surface area contributed by atoms with Crippen molar-refractivity contribution in [2.24, 2.45) is 0 Å². The summed E-state index contributed by atoms with van der Waals surface area (Å²) in [6, 6.07) is 14.2. The van der Waals surface area contributed by atoms with Gasteiger partial charge in [0.25, 0.3) is 5.91 Å². The van der Waals surface area contributed by atoms with E-state index in [1.54, 1.807) is 31.4 Å². The van der Waals surface area contributed by atoms with Crippen molar-refractivity contribution >= 4 is 63.7 Å². The number of para-hydroxylation sites is 2. The molecule has 1 atom stereocenters. The fourth-order valence-corrected chi connectivity index (χ4v) is 2.71. The molecule has 0 bridgehead atoms. The van der Waals surface area contributed by atoms with Crippen LogP contribution in [0, 0.1) is 6.92 Å². The lowest BCUT2D eigenvalue weighted by atomic mass is 10.1. The van der Waals surface area contributed by atoms with Gasteiger partial charge in [-0.15, -0.1) is 0 Å². The summed E-state index contributed by atoms with van der Waals surface area (Å²) < 4.78 is 3.41. The van der Waals surface area contributed by atoms with Crippen molar-refractivity contribution in [2.45, 2.75) is 16.9 Å². The molecule has 3 N–H and O–H groups in total. The zero-order valence-corrected chi connectivity index (χ0v) is 17.6. The first-order chi connectivity index (χ1) is 12.7. The zero-order chi connectivity index (χ0) is 20.0. The molecule has 0 aliphatic rings. The van der Waals surface area contributed by atoms with Crippen molar-refractivity contribution < 1.29 is 9.53 Å². The number of carbonyl (C=O) groups is 1. The summed E-state index contributed by atoms with van der Waals surface area (Å²) in [5.74, 6) is 0.190. The highest BCUT2D eigenvalue weighted by molar-refractivity contribution is 7.80. The molecular weight excluding hydrogens is 429 g/mol. The predicted molar refractivity (Wildman–Crippen MR) is 115 cm³/mol. The van der Waals surface area contributed by atoms with Gasteiger partial charge in [0.1, 0.15) is 11.9 Å². The van der Waals surface area contributed by atoms with E-state index in [9.17, 15) is 4.79 Å². The molecule has 0 unspecified atom stereocenters. The van der Waals surface area contributed by atoms with Gasteiger partial charge in [0.15, 0.2) is 5.11 Å². The Balaban J connectivity index is 2.09. The van der Waals surface area contributed by atoms with Crippen molar-refractivity contribution in [3.05, 3.63) is 59.7 Å². The number of hydrogen-bond acceptors (Lipinski definition) is 3. The molecule has 0 heterocycles. The van der Waals surface area contributed by atoms with Crippen LogP contribution in [0.3, 0.4) is 0 Å². The van der Waals surface area contributed by atoms with Crippen molar-refractivity contribution in [2.75, 3.05) is 12.4 Å². The van der Waals surface area contributed by atoms with E-state index >= 15 is 0 Å². The number of alkyl halides is 3. The number of anilines is 1. The molecule has 27 heavy (non-hydrogen) atoms. The number of halogens is 3. The van der Waals surface area contributed by atoms with Crippen LogP contribution in [0.25, 0.3) is 0 Å². The minimum absolute atomic E-state index is 0.153. The fourth-order valence-electron chi connectivity index (χ4n) is 2.16. The average molecular weight is 447 g/mol. The smallest absolute Gasteiger partial charge is 0.252 e. The molecule has 0 aliphatic carbocycles. The van der Waals surface area contributed by atoms with Gasteiger partial charge in [-0.3, -0.25) is 4.79 Å². The Labute approximate surface area is 178 Å². The maximum Gasteiger partial charge on any atom is 0.252 e. The van der Waals surface area contributed by atoms with Gasteiger partial charge in [0.2, 0.25) is 3.79 Å². The second-order valence-corrected chi connectivity index (χ2v) is 8.39. The van der Waals surface area contributed by atoms with Crippen LogP contribution in [0.15, 0.2) is 48.5 Å². The average Bonchev–Trinajstić information content (AvgIpc) is 2.61. The maximum atomic E-state index is 12.4. The number of ether oxygens (including phenoxy) is 1. The first kappa shape index (κ1) is 21.6. The summed E-state index contributed by atoms with van der Waals surface area (Å²) in [4.78, 5) is 12.4. The van der Waals surface area contributed by atoms with Crippen molar-refractivity contribution in [3.63, 3.8) is 0 Å². The van der Waals surface area contributed by atoms with E-state index in [-0.39, 0.29) is 5.11 Å². The number of carbonyl (C=O) groups excluding carboxylic acids is 1. The van der Waals surface area contributed by atoms with Gasteiger partial charge in [-0.25, -0.2) is 0 Å². The molecule has 144 valence electrons. The first-order valence-corrected chi connectivity index (χ1v) is 9.39. The molecular formula is C18H18Cl3N3O2S. The molecule has 0 fully saturated rings. The number of amides is 1. The van der Waals surface area contributed by atoms with E-state index < -0.39 is 15.9 Å². The Kier molecular flexibility index (Phi) is 7.56. The van der Waals surface area contributed by atoms with E-state index in [1.165, 1.54) is 0 Å². The molecule has 5 nitrogen and oxygen atoms in total. The molecule has 0 spiro atoms. The number of thiocarbonyl (C=S) groups is 1. The second-order valence-electron chi connectivity index (χ2n) is 5.61. The van der Waals surface area contributed by atoms with Crippen LogP contribution < -0.4 is 20.7 Å². The Hall–Kier alpha value is -1.73. The molecule has 1 amide bonds. The minimum atomic E-state index is -1.84. The lowest BCUT2D eigenvalue weighted by Gasteiger charge is -2.28. The van der Waals surface area contributed by atoms with Gasteiger partial charge in [0, 0.05) is 5.56 Å². The second kappa shape index (κ2) is 9.46. The molecule has 2 aromatic carbocycles. The van der Waals surface area contributed by atoms with Gasteiger partial charge >= 0.3 is 0 Å². The zero-order valence-electron chi connectivity index (χ0n) is 14.6. The van der Waals surface area contributed by atoms with Gasteiger partial charge in [0.05, 0.1) is 12.8 Å². The van der Waals surface area contributed by atoms with Crippen molar-refractivity contribution in [1.82, 2.24) is 10.6 Å². The maximum absolute atomic E-state index is 12.4. The molecule has 2 rings (SSSR count). The predicted octanol–water partition coefficient (Wildman–Crippen LogP) is 4.42. The summed E-state index contributed by atoms with van der Waals surface area (Å²) in [7, 11) is 1.54. The Morgan fingerprint density at radius 3 is 2.30 bits per heavy atom. The van der Waals surface area contributed by atoms with Crippen LogP contribution in [0.1, 0.15) is 15.9 Å². The molecule has 0 saturated heterocycles. The fraction of sp³-hybridized carbons (Fsp3) is 0.222. The van der Waals surface area contributed by atoms with E-state index in [1.807, 2.05) is 31.2 Å². The number of rotatable bonds is 5. The van der Waals surface area contributed by atoms with Crippen LogP contribution in [0.5, 0.6) is 5.75 Å². The summed E-state index contributed by atoms with van der Waals surface area (Å²) in [6.07, 6.45) is -1.06.